The molecule has 0 aliphatic carbocycles. The Balaban J connectivity index is 1.86. The standard InChI is InChI=1S/C14H20N2O/c1-12-4-2-3-5-13(12)10-14(17)11-16-8-6-15-7-9-16/h2-5,15H,6-11H2,1H3. The molecule has 1 N–H and O–H groups in total. The first-order valence-electron chi connectivity index (χ1n) is 6.25. The van der Waals surface area contributed by atoms with E-state index in [9.17, 15) is 4.79 Å². The van der Waals surface area contributed by atoms with Crippen LogP contribution in [-0.2, 0) is 11.2 Å². The highest BCUT2D eigenvalue weighted by Gasteiger charge is 2.14. The number of aryl methyl sites for hydroxylation is 1. The first-order chi connectivity index (χ1) is 8.25. The summed E-state index contributed by atoms with van der Waals surface area (Å²) in [5.74, 6) is 0.321. The van der Waals surface area contributed by atoms with E-state index in [1.807, 2.05) is 18.2 Å². The molecule has 3 heteroatoms. The fourth-order valence-corrected chi connectivity index (χ4v) is 2.20. The number of rotatable bonds is 4. The van der Waals surface area contributed by atoms with Crippen LogP contribution in [0.15, 0.2) is 24.3 Å². The molecule has 1 heterocycles. The zero-order chi connectivity index (χ0) is 12.1. The molecule has 3 nitrogen and oxygen atoms in total. The van der Waals surface area contributed by atoms with Crippen LogP contribution in [0.25, 0.3) is 0 Å². The molecule has 0 saturated carbocycles. The second-order valence-electron chi connectivity index (χ2n) is 4.67. The molecule has 1 aliphatic heterocycles. The monoisotopic (exact) mass is 232 g/mol. The Hall–Kier alpha value is -1.19. The van der Waals surface area contributed by atoms with Gasteiger partial charge < -0.3 is 5.32 Å². The van der Waals surface area contributed by atoms with E-state index in [0.717, 1.165) is 31.7 Å². The van der Waals surface area contributed by atoms with Gasteiger partial charge >= 0.3 is 0 Å². The number of carbonyl (C=O) groups excluding carboxylic acids is 1. The van der Waals surface area contributed by atoms with Crippen molar-refractivity contribution in [3.05, 3.63) is 35.4 Å². The van der Waals surface area contributed by atoms with Crippen molar-refractivity contribution in [3.63, 3.8) is 0 Å². The van der Waals surface area contributed by atoms with Crippen LogP contribution in [0.5, 0.6) is 0 Å². The Morgan fingerprint density at radius 3 is 2.71 bits per heavy atom. The number of ketones is 1. The molecule has 17 heavy (non-hydrogen) atoms. The summed E-state index contributed by atoms with van der Waals surface area (Å²) < 4.78 is 0. The summed E-state index contributed by atoms with van der Waals surface area (Å²) >= 11 is 0. The van der Waals surface area contributed by atoms with Gasteiger partial charge in [-0.15, -0.1) is 0 Å². The van der Waals surface area contributed by atoms with Crippen LogP contribution in [0.1, 0.15) is 11.1 Å². The van der Waals surface area contributed by atoms with Crippen molar-refractivity contribution in [2.45, 2.75) is 13.3 Å². The van der Waals surface area contributed by atoms with Gasteiger partial charge in [0.1, 0.15) is 0 Å². The lowest BCUT2D eigenvalue weighted by molar-refractivity contribution is -0.119. The van der Waals surface area contributed by atoms with Crippen molar-refractivity contribution < 1.29 is 4.79 Å². The average Bonchev–Trinajstić information content (AvgIpc) is 2.33. The highest BCUT2D eigenvalue weighted by molar-refractivity contribution is 5.83. The summed E-state index contributed by atoms with van der Waals surface area (Å²) in [5, 5.41) is 3.29. The summed E-state index contributed by atoms with van der Waals surface area (Å²) in [6.45, 7) is 6.62. The second kappa shape index (κ2) is 5.94. The molecule has 0 bridgehead atoms. The fraction of sp³-hybridized carbons (Fsp3) is 0.500. The maximum atomic E-state index is 12.0. The number of piperazine rings is 1. The van der Waals surface area contributed by atoms with E-state index in [2.05, 4.69) is 23.2 Å². The van der Waals surface area contributed by atoms with Gasteiger partial charge in [0.25, 0.3) is 0 Å². The quantitative estimate of drug-likeness (QED) is 0.841. The van der Waals surface area contributed by atoms with Gasteiger partial charge in [-0.1, -0.05) is 24.3 Å². The SMILES string of the molecule is Cc1ccccc1CC(=O)CN1CCNCC1. The lowest BCUT2D eigenvalue weighted by atomic mass is 10.0. The predicted octanol–water partition coefficient (Wildman–Crippen LogP) is 1.01. The van der Waals surface area contributed by atoms with Gasteiger partial charge in [0.05, 0.1) is 6.54 Å². The van der Waals surface area contributed by atoms with Crippen molar-refractivity contribution in [3.8, 4) is 0 Å². The molecule has 1 saturated heterocycles. The fourth-order valence-electron chi connectivity index (χ4n) is 2.20. The lowest BCUT2D eigenvalue weighted by Crippen LogP contribution is -2.45. The van der Waals surface area contributed by atoms with E-state index in [0.29, 0.717) is 18.7 Å². The third kappa shape index (κ3) is 3.65. The Labute approximate surface area is 103 Å². The molecular formula is C14H20N2O. The van der Waals surface area contributed by atoms with E-state index in [1.54, 1.807) is 0 Å². The molecule has 1 aliphatic rings. The van der Waals surface area contributed by atoms with Gasteiger partial charge in [-0.2, -0.15) is 0 Å². The zero-order valence-corrected chi connectivity index (χ0v) is 10.4. The molecule has 0 amide bonds. The van der Waals surface area contributed by atoms with Crippen LogP contribution < -0.4 is 5.32 Å². The summed E-state index contributed by atoms with van der Waals surface area (Å²) in [4.78, 5) is 14.2. The maximum absolute atomic E-state index is 12.0. The lowest BCUT2D eigenvalue weighted by Gasteiger charge is -2.26. The van der Waals surface area contributed by atoms with E-state index in [4.69, 9.17) is 0 Å². The summed E-state index contributed by atoms with van der Waals surface area (Å²) in [5.41, 5.74) is 2.37. The average molecular weight is 232 g/mol. The number of nitrogens with one attached hydrogen (secondary N) is 1. The van der Waals surface area contributed by atoms with E-state index in [1.165, 1.54) is 5.56 Å². The molecule has 0 atom stereocenters. The second-order valence-corrected chi connectivity index (χ2v) is 4.67. The van der Waals surface area contributed by atoms with Crippen LogP contribution in [0.2, 0.25) is 0 Å². The molecule has 0 spiro atoms. The molecule has 1 aromatic carbocycles. The van der Waals surface area contributed by atoms with E-state index < -0.39 is 0 Å². The van der Waals surface area contributed by atoms with Crippen LogP contribution in [0, 0.1) is 6.92 Å². The van der Waals surface area contributed by atoms with Gasteiger partial charge in [-0.05, 0) is 18.1 Å². The van der Waals surface area contributed by atoms with Crippen LogP contribution in [-0.4, -0.2) is 43.4 Å². The molecule has 1 fully saturated rings. The predicted molar refractivity (Wildman–Crippen MR) is 69.2 cm³/mol. The molecule has 0 unspecified atom stereocenters. The molecule has 1 aromatic rings. The minimum absolute atomic E-state index is 0.321. The van der Waals surface area contributed by atoms with Crippen molar-refractivity contribution in [2.75, 3.05) is 32.7 Å². The van der Waals surface area contributed by atoms with Gasteiger partial charge in [0.15, 0.2) is 5.78 Å². The first kappa shape index (κ1) is 12.3. The Morgan fingerprint density at radius 2 is 2.00 bits per heavy atom. The number of carbonyl (C=O) groups is 1. The maximum Gasteiger partial charge on any atom is 0.151 e. The van der Waals surface area contributed by atoms with Crippen molar-refractivity contribution in [1.29, 1.82) is 0 Å². The van der Waals surface area contributed by atoms with Crippen LogP contribution >= 0.6 is 0 Å². The van der Waals surface area contributed by atoms with E-state index in [-0.39, 0.29) is 0 Å². The molecule has 0 aromatic heterocycles. The third-order valence-corrected chi connectivity index (χ3v) is 3.26. The summed E-state index contributed by atoms with van der Waals surface area (Å²) in [6.07, 6.45) is 0.566. The van der Waals surface area contributed by atoms with Crippen LogP contribution in [0.3, 0.4) is 0 Å². The smallest absolute Gasteiger partial charge is 0.151 e. The Morgan fingerprint density at radius 1 is 1.29 bits per heavy atom. The highest BCUT2D eigenvalue weighted by atomic mass is 16.1. The minimum Gasteiger partial charge on any atom is -0.314 e. The Kier molecular flexibility index (Phi) is 4.29. The zero-order valence-electron chi connectivity index (χ0n) is 10.4. The molecule has 0 radical (unpaired) electrons. The van der Waals surface area contributed by atoms with Crippen molar-refractivity contribution in [2.24, 2.45) is 0 Å². The normalized spacial score (nSPS) is 17.0. The molecule has 2 rings (SSSR count). The summed E-state index contributed by atoms with van der Waals surface area (Å²) in [7, 11) is 0. The number of Topliss-reactive ketones (excluding diaryl/α,β-unsaturated/α-hetero) is 1. The van der Waals surface area contributed by atoms with Crippen LogP contribution in [0.4, 0.5) is 0 Å². The minimum atomic E-state index is 0.321. The number of benzene rings is 1. The van der Waals surface area contributed by atoms with Gasteiger partial charge in [-0.3, -0.25) is 9.69 Å². The molecular weight excluding hydrogens is 212 g/mol. The number of nitrogens with zero attached hydrogens (tertiary/aromatic N) is 1. The summed E-state index contributed by atoms with van der Waals surface area (Å²) in [6, 6.07) is 8.12. The van der Waals surface area contributed by atoms with E-state index >= 15 is 0 Å². The van der Waals surface area contributed by atoms with Crippen molar-refractivity contribution in [1.82, 2.24) is 10.2 Å². The largest absolute Gasteiger partial charge is 0.314 e. The van der Waals surface area contributed by atoms with Gasteiger partial charge in [-0.25, -0.2) is 0 Å². The third-order valence-electron chi connectivity index (χ3n) is 3.26. The number of hydrogen-bond donors (Lipinski definition) is 1. The highest BCUT2D eigenvalue weighted by Crippen LogP contribution is 2.08. The van der Waals surface area contributed by atoms with Crippen molar-refractivity contribution >= 4 is 5.78 Å². The Bertz CT molecular complexity index is 384. The van der Waals surface area contributed by atoms with Gasteiger partial charge in [0, 0.05) is 32.6 Å². The molecule has 92 valence electrons. The topological polar surface area (TPSA) is 32.3 Å². The first-order valence-corrected chi connectivity index (χ1v) is 6.25. The number of hydrogen-bond acceptors (Lipinski definition) is 3. The van der Waals surface area contributed by atoms with Gasteiger partial charge in [0.2, 0.25) is 0 Å².